The minimum atomic E-state index is -0.698. The second-order valence-corrected chi connectivity index (χ2v) is 6.83. The Hall–Kier alpha value is -2.84. The average Bonchev–Trinajstić information content (AvgIpc) is 2.53. The molecule has 2 N–H and O–H groups in total. The minimum absolute atomic E-state index is 0.0169. The third kappa shape index (κ3) is 2.83. The van der Waals surface area contributed by atoms with E-state index in [0.717, 1.165) is 22.0 Å². The summed E-state index contributed by atoms with van der Waals surface area (Å²) in [5.74, 6) is -0.548. The van der Waals surface area contributed by atoms with Gasteiger partial charge in [-0.3, -0.25) is 4.79 Å². The van der Waals surface area contributed by atoms with Crippen molar-refractivity contribution in [1.82, 2.24) is 4.98 Å². The summed E-state index contributed by atoms with van der Waals surface area (Å²) in [5.41, 5.74) is 9.89. The first-order valence-electron chi connectivity index (χ1n) is 8.11. The second-order valence-electron chi connectivity index (χ2n) is 6.47. The van der Waals surface area contributed by atoms with Crippen LogP contribution in [-0.2, 0) is 9.53 Å². The molecule has 132 valence electrons. The largest absolute Gasteiger partial charge is 0.445 e. The van der Waals surface area contributed by atoms with Gasteiger partial charge in [0.25, 0.3) is 0 Å². The molecule has 1 aromatic carbocycles. The Morgan fingerprint density at radius 1 is 1.31 bits per heavy atom. The van der Waals surface area contributed by atoms with Gasteiger partial charge in [0.05, 0.1) is 11.4 Å². The van der Waals surface area contributed by atoms with E-state index in [2.05, 4.69) is 11.1 Å². The van der Waals surface area contributed by atoms with Crippen molar-refractivity contribution >= 4 is 28.3 Å². The first-order chi connectivity index (χ1) is 12.2. The van der Waals surface area contributed by atoms with Gasteiger partial charge in [-0.1, -0.05) is 17.7 Å². The van der Waals surface area contributed by atoms with Crippen LogP contribution in [0.25, 0.3) is 10.9 Å². The number of ether oxygens (including phenoxy) is 1. The maximum absolute atomic E-state index is 12.3. The first-order valence-corrected chi connectivity index (χ1v) is 8.49. The number of nitriles is 1. The Balaban J connectivity index is 2.35. The molecule has 26 heavy (non-hydrogen) atoms. The molecular weight excluding hydrogens is 350 g/mol. The Kier molecular flexibility index (Phi) is 4.47. The van der Waals surface area contributed by atoms with Gasteiger partial charge in [-0.05, 0) is 51.0 Å². The molecule has 3 rings (SSSR count). The van der Waals surface area contributed by atoms with Crippen LogP contribution in [0.5, 0.6) is 0 Å². The molecule has 2 aromatic rings. The SMILES string of the molecule is CC(=O)C1=C(C)OC(N)=C(C#N)C1c1cc2c(C)cc(C)cc2nc1Cl. The molecule has 1 aliphatic heterocycles. The van der Waals surface area contributed by atoms with Crippen LogP contribution in [0.3, 0.4) is 0 Å². The van der Waals surface area contributed by atoms with Crippen LogP contribution in [0.2, 0.25) is 5.15 Å². The number of nitrogens with two attached hydrogens (primary N) is 1. The maximum atomic E-state index is 12.3. The number of fused-ring (bicyclic) bond motifs is 1. The van der Waals surface area contributed by atoms with Gasteiger partial charge in [0.1, 0.15) is 22.6 Å². The first kappa shape index (κ1) is 18.0. The smallest absolute Gasteiger partial charge is 0.205 e. The summed E-state index contributed by atoms with van der Waals surface area (Å²) in [6, 6.07) is 7.95. The van der Waals surface area contributed by atoms with E-state index < -0.39 is 5.92 Å². The zero-order valence-electron chi connectivity index (χ0n) is 15.0. The fourth-order valence-corrected chi connectivity index (χ4v) is 3.73. The number of pyridine rings is 1. The molecule has 0 amide bonds. The number of aryl methyl sites for hydroxylation is 2. The fourth-order valence-electron chi connectivity index (χ4n) is 3.47. The molecule has 0 spiro atoms. The number of Topliss-reactive ketones (excluding diaryl/α,β-unsaturated/α-hetero) is 1. The van der Waals surface area contributed by atoms with Crippen LogP contribution < -0.4 is 5.73 Å². The summed E-state index contributed by atoms with van der Waals surface area (Å²) in [5, 5.41) is 10.8. The molecule has 0 radical (unpaired) electrons. The third-order valence-electron chi connectivity index (χ3n) is 4.56. The quantitative estimate of drug-likeness (QED) is 0.804. The van der Waals surface area contributed by atoms with E-state index in [1.165, 1.54) is 6.92 Å². The number of rotatable bonds is 2. The highest BCUT2D eigenvalue weighted by Gasteiger charge is 2.35. The van der Waals surface area contributed by atoms with Crippen molar-refractivity contribution in [2.75, 3.05) is 0 Å². The summed E-state index contributed by atoms with van der Waals surface area (Å²) >= 11 is 6.47. The number of nitrogens with zero attached hydrogens (tertiary/aromatic N) is 2. The molecule has 1 aliphatic rings. The van der Waals surface area contributed by atoms with Crippen LogP contribution in [0.4, 0.5) is 0 Å². The van der Waals surface area contributed by atoms with Crippen LogP contribution in [0, 0.1) is 25.2 Å². The number of carbonyl (C=O) groups is 1. The van der Waals surface area contributed by atoms with Crippen molar-refractivity contribution < 1.29 is 9.53 Å². The zero-order valence-corrected chi connectivity index (χ0v) is 15.7. The lowest BCUT2D eigenvalue weighted by molar-refractivity contribution is -0.114. The Bertz CT molecular complexity index is 1060. The molecule has 5 nitrogen and oxygen atoms in total. The number of halogens is 1. The monoisotopic (exact) mass is 367 g/mol. The van der Waals surface area contributed by atoms with Crippen LogP contribution >= 0.6 is 11.6 Å². The molecule has 0 aliphatic carbocycles. The number of hydrogen-bond donors (Lipinski definition) is 1. The van der Waals surface area contributed by atoms with E-state index in [-0.39, 0.29) is 22.4 Å². The van der Waals surface area contributed by atoms with Gasteiger partial charge < -0.3 is 10.5 Å². The average molecular weight is 368 g/mol. The molecule has 0 saturated carbocycles. The molecule has 2 heterocycles. The second kappa shape index (κ2) is 6.47. The van der Waals surface area contributed by atoms with E-state index in [9.17, 15) is 10.1 Å². The molecule has 1 aromatic heterocycles. The number of benzene rings is 1. The number of ketones is 1. The van der Waals surface area contributed by atoms with Crippen molar-refractivity contribution in [3.05, 3.63) is 62.8 Å². The van der Waals surface area contributed by atoms with Crippen LogP contribution in [-0.4, -0.2) is 10.8 Å². The lowest BCUT2D eigenvalue weighted by Gasteiger charge is -2.27. The molecular formula is C20H18ClN3O2. The Labute approximate surface area is 156 Å². The Morgan fingerprint density at radius 3 is 2.62 bits per heavy atom. The third-order valence-corrected chi connectivity index (χ3v) is 4.86. The summed E-state index contributed by atoms with van der Waals surface area (Å²) in [4.78, 5) is 16.8. The van der Waals surface area contributed by atoms with Crippen LogP contribution in [0.1, 0.15) is 36.5 Å². The van der Waals surface area contributed by atoms with Crippen molar-refractivity contribution in [2.24, 2.45) is 5.73 Å². The van der Waals surface area contributed by atoms with Gasteiger partial charge in [0.15, 0.2) is 5.78 Å². The molecule has 0 saturated heterocycles. The van der Waals surface area contributed by atoms with Crippen molar-refractivity contribution in [3.63, 3.8) is 0 Å². The normalized spacial score (nSPS) is 17.3. The van der Waals surface area contributed by atoms with Gasteiger partial charge in [0, 0.05) is 16.5 Å². The van der Waals surface area contributed by atoms with E-state index in [1.807, 2.05) is 32.0 Å². The number of hydrogen-bond acceptors (Lipinski definition) is 5. The highest BCUT2D eigenvalue weighted by Crippen LogP contribution is 2.42. The van der Waals surface area contributed by atoms with E-state index >= 15 is 0 Å². The molecule has 1 atom stereocenters. The summed E-state index contributed by atoms with van der Waals surface area (Å²) in [7, 11) is 0. The predicted molar refractivity (Wildman–Crippen MR) is 100 cm³/mol. The van der Waals surface area contributed by atoms with Crippen molar-refractivity contribution in [1.29, 1.82) is 5.26 Å². The highest BCUT2D eigenvalue weighted by molar-refractivity contribution is 6.31. The van der Waals surface area contributed by atoms with Crippen molar-refractivity contribution in [2.45, 2.75) is 33.6 Å². The maximum Gasteiger partial charge on any atom is 0.205 e. The molecule has 6 heteroatoms. The lowest BCUT2D eigenvalue weighted by Crippen LogP contribution is -2.23. The summed E-state index contributed by atoms with van der Waals surface area (Å²) < 4.78 is 5.41. The fraction of sp³-hybridized carbons (Fsp3) is 0.250. The van der Waals surface area contributed by atoms with Gasteiger partial charge in [-0.25, -0.2) is 4.98 Å². The van der Waals surface area contributed by atoms with Gasteiger partial charge >= 0.3 is 0 Å². The predicted octanol–water partition coefficient (Wildman–Crippen LogP) is 4.18. The van der Waals surface area contributed by atoms with Crippen LogP contribution in [0.15, 0.2) is 41.0 Å². The van der Waals surface area contributed by atoms with Gasteiger partial charge in [-0.2, -0.15) is 5.26 Å². The lowest BCUT2D eigenvalue weighted by atomic mass is 9.81. The zero-order chi connectivity index (χ0) is 19.2. The molecule has 0 fully saturated rings. The van der Waals surface area contributed by atoms with Crippen molar-refractivity contribution in [3.8, 4) is 6.07 Å². The Morgan fingerprint density at radius 2 is 2.00 bits per heavy atom. The van der Waals surface area contributed by atoms with Gasteiger partial charge in [-0.15, -0.1) is 0 Å². The number of aromatic nitrogens is 1. The summed E-state index contributed by atoms with van der Waals surface area (Å²) in [6.45, 7) is 7.07. The highest BCUT2D eigenvalue weighted by atomic mass is 35.5. The van der Waals surface area contributed by atoms with E-state index in [0.29, 0.717) is 16.9 Å². The standard InChI is InChI=1S/C20H18ClN3O2/c1-9-5-10(2)13-7-14(19(21)24-16(13)6-9)18-15(8-22)20(23)26-12(4)17(18)11(3)25/h5-7,18H,23H2,1-4H3. The number of allylic oxidation sites excluding steroid dienone is 3. The van der Waals surface area contributed by atoms with E-state index in [1.54, 1.807) is 6.92 Å². The van der Waals surface area contributed by atoms with E-state index in [4.69, 9.17) is 22.1 Å². The topological polar surface area (TPSA) is 89.0 Å². The molecule has 0 bridgehead atoms. The van der Waals surface area contributed by atoms with Gasteiger partial charge in [0.2, 0.25) is 5.88 Å². The molecule has 1 unspecified atom stereocenters. The number of carbonyl (C=O) groups excluding carboxylic acids is 1. The minimum Gasteiger partial charge on any atom is -0.445 e. The summed E-state index contributed by atoms with van der Waals surface area (Å²) in [6.07, 6.45) is 0.